The molecule has 0 aromatic rings. The summed E-state index contributed by atoms with van der Waals surface area (Å²) in [5.74, 6) is 0. The Morgan fingerprint density at radius 3 is 2.13 bits per heavy atom. The average Bonchev–Trinajstić information content (AvgIpc) is 2.17. The number of hydrogen-bond acceptors (Lipinski definition) is 2. The Morgan fingerprint density at radius 2 is 1.60 bits per heavy atom. The molecule has 1 rings (SSSR count). The summed E-state index contributed by atoms with van der Waals surface area (Å²) in [4.78, 5) is 2.70. The van der Waals surface area contributed by atoms with E-state index in [4.69, 9.17) is 0 Å². The molecule has 1 saturated heterocycles. The van der Waals surface area contributed by atoms with Crippen LogP contribution in [0.4, 0.5) is 0 Å². The van der Waals surface area contributed by atoms with Crippen molar-refractivity contribution < 1.29 is 0 Å². The minimum absolute atomic E-state index is 0.846. The van der Waals surface area contributed by atoms with E-state index in [0.29, 0.717) is 0 Å². The zero-order chi connectivity index (χ0) is 10.9. The topological polar surface area (TPSA) is 15.3 Å². The summed E-state index contributed by atoms with van der Waals surface area (Å²) in [7, 11) is 0. The molecule has 0 aliphatic carbocycles. The van der Waals surface area contributed by atoms with Gasteiger partial charge in [-0.15, -0.1) is 0 Å². The third-order valence-electron chi connectivity index (χ3n) is 3.37. The molecule has 1 aliphatic heterocycles. The summed E-state index contributed by atoms with van der Waals surface area (Å²) in [5.41, 5.74) is 0. The van der Waals surface area contributed by atoms with Crippen LogP contribution < -0.4 is 5.32 Å². The van der Waals surface area contributed by atoms with Gasteiger partial charge in [0.1, 0.15) is 0 Å². The molecule has 0 saturated carbocycles. The van der Waals surface area contributed by atoms with Crippen LogP contribution in [-0.4, -0.2) is 37.1 Å². The van der Waals surface area contributed by atoms with E-state index < -0.39 is 0 Å². The smallest absolute Gasteiger partial charge is 0.0345 e. The van der Waals surface area contributed by atoms with Crippen molar-refractivity contribution >= 4 is 0 Å². The lowest BCUT2D eigenvalue weighted by Gasteiger charge is -2.38. The van der Waals surface area contributed by atoms with Gasteiger partial charge in [0.2, 0.25) is 0 Å². The molecule has 1 aliphatic rings. The Balaban J connectivity index is 2.10. The van der Waals surface area contributed by atoms with Gasteiger partial charge in [0, 0.05) is 19.1 Å². The highest BCUT2D eigenvalue weighted by atomic mass is 15.2. The SMILES string of the molecule is CCCCCCN(CCCC)C1CNC1. The Labute approximate surface area is 95.4 Å². The molecule has 0 bridgehead atoms. The fourth-order valence-electron chi connectivity index (χ4n) is 2.11. The lowest BCUT2D eigenvalue weighted by atomic mass is 10.1. The summed E-state index contributed by atoms with van der Waals surface area (Å²) in [6.45, 7) is 9.65. The highest BCUT2D eigenvalue weighted by Gasteiger charge is 2.23. The second-order valence-electron chi connectivity index (χ2n) is 4.76. The summed E-state index contributed by atoms with van der Waals surface area (Å²) >= 11 is 0. The van der Waals surface area contributed by atoms with Crippen molar-refractivity contribution in [2.45, 2.75) is 58.4 Å². The molecular formula is C13H28N2. The maximum atomic E-state index is 3.38. The quantitative estimate of drug-likeness (QED) is 0.591. The molecule has 90 valence electrons. The van der Waals surface area contributed by atoms with Crippen LogP contribution in [0.15, 0.2) is 0 Å². The van der Waals surface area contributed by atoms with Crippen LogP contribution >= 0.6 is 0 Å². The van der Waals surface area contributed by atoms with Crippen molar-refractivity contribution in [2.24, 2.45) is 0 Å². The fourth-order valence-corrected chi connectivity index (χ4v) is 2.11. The molecule has 0 atom stereocenters. The van der Waals surface area contributed by atoms with Crippen LogP contribution in [0, 0.1) is 0 Å². The van der Waals surface area contributed by atoms with E-state index in [2.05, 4.69) is 24.1 Å². The maximum Gasteiger partial charge on any atom is 0.0345 e. The van der Waals surface area contributed by atoms with Gasteiger partial charge in [0.25, 0.3) is 0 Å². The van der Waals surface area contributed by atoms with Gasteiger partial charge < -0.3 is 5.32 Å². The molecule has 2 nitrogen and oxygen atoms in total. The highest BCUT2D eigenvalue weighted by molar-refractivity contribution is 4.84. The van der Waals surface area contributed by atoms with Crippen LogP contribution in [-0.2, 0) is 0 Å². The molecule has 1 heterocycles. The lowest BCUT2D eigenvalue weighted by Crippen LogP contribution is -2.57. The number of hydrogen-bond donors (Lipinski definition) is 1. The number of nitrogens with one attached hydrogen (secondary N) is 1. The third kappa shape index (κ3) is 4.98. The predicted molar refractivity (Wildman–Crippen MR) is 67.3 cm³/mol. The van der Waals surface area contributed by atoms with Crippen LogP contribution in [0.2, 0.25) is 0 Å². The molecule has 0 radical (unpaired) electrons. The van der Waals surface area contributed by atoms with E-state index in [9.17, 15) is 0 Å². The van der Waals surface area contributed by atoms with Gasteiger partial charge in [0.05, 0.1) is 0 Å². The van der Waals surface area contributed by atoms with Gasteiger partial charge >= 0.3 is 0 Å². The minimum atomic E-state index is 0.846. The molecular weight excluding hydrogens is 184 g/mol. The molecule has 0 spiro atoms. The van der Waals surface area contributed by atoms with Gasteiger partial charge in [0.15, 0.2) is 0 Å². The van der Waals surface area contributed by atoms with E-state index in [1.165, 1.54) is 64.7 Å². The molecule has 15 heavy (non-hydrogen) atoms. The molecule has 0 aromatic carbocycles. The summed E-state index contributed by atoms with van der Waals surface area (Å²) in [6.07, 6.45) is 8.26. The molecule has 1 N–H and O–H groups in total. The number of nitrogens with zero attached hydrogens (tertiary/aromatic N) is 1. The minimum Gasteiger partial charge on any atom is -0.314 e. The van der Waals surface area contributed by atoms with Gasteiger partial charge in [-0.1, -0.05) is 39.5 Å². The molecule has 0 unspecified atom stereocenters. The molecule has 1 fully saturated rings. The van der Waals surface area contributed by atoms with E-state index >= 15 is 0 Å². The Bertz CT molecular complexity index is 143. The van der Waals surface area contributed by atoms with Gasteiger partial charge in [-0.3, -0.25) is 4.90 Å². The standard InChI is InChI=1S/C13H28N2/c1-3-5-7-8-10-15(9-6-4-2)13-11-14-12-13/h13-14H,3-12H2,1-2H3. The lowest BCUT2D eigenvalue weighted by molar-refractivity contribution is 0.140. The van der Waals surface area contributed by atoms with Crippen LogP contribution in [0.1, 0.15) is 52.4 Å². The zero-order valence-electron chi connectivity index (χ0n) is 10.6. The third-order valence-corrected chi connectivity index (χ3v) is 3.37. The van der Waals surface area contributed by atoms with Crippen LogP contribution in [0.5, 0.6) is 0 Å². The molecule has 0 aromatic heterocycles. The first-order chi connectivity index (χ1) is 7.38. The Kier molecular flexibility index (Phi) is 7.03. The number of unbranched alkanes of at least 4 members (excludes halogenated alkanes) is 4. The second kappa shape index (κ2) is 8.12. The first-order valence-corrected chi connectivity index (χ1v) is 6.83. The number of rotatable bonds is 9. The summed E-state index contributed by atoms with van der Waals surface area (Å²) in [5, 5.41) is 3.38. The van der Waals surface area contributed by atoms with E-state index in [-0.39, 0.29) is 0 Å². The van der Waals surface area contributed by atoms with E-state index in [1.807, 2.05) is 0 Å². The summed E-state index contributed by atoms with van der Waals surface area (Å²) in [6, 6.07) is 0.846. The van der Waals surface area contributed by atoms with Gasteiger partial charge in [-0.05, 0) is 25.9 Å². The largest absolute Gasteiger partial charge is 0.314 e. The second-order valence-corrected chi connectivity index (χ2v) is 4.76. The van der Waals surface area contributed by atoms with Crippen molar-refractivity contribution in [3.05, 3.63) is 0 Å². The average molecular weight is 212 g/mol. The van der Waals surface area contributed by atoms with Crippen molar-refractivity contribution in [2.75, 3.05) is 26.2 Å². The van der Waals surface area contributed by atoms with Crippen molar-refractivity contribution in [3.63, 3.8) is 0 Å². The first kappa shape index (κ1) is 13.0. The molecule has 2 heteroatoms. The fraction of sp³-hybridized carbons (Fsp3) is 1.00. The van der Waals surface area contributed by atoms with Crippen molar-refractivity contribution in [1.82, 2.24) is 10.2 Å². The zero-order valence-corrected chi connectivity index (χ0v) is 10.6. The highest BCUT2D eigenvalue weighted by Crippen LogP contribution is 2.09. The van der Waals surface area contributed by atoms with Gasteiger partial charge in [-0.2, -0.15) is 0 Å². The monoisotopic (exact) mass is 212 g/mol. The summed E-state index contributed by atoms with van der Waals surface area (Å²) < 4.78 is 0. The van der Waals surface area contributed by atoms with E-state index in [1.54, 1.807) is 0 Å². The normalized spacial score (nSPS) is 17.0. The molecule has 0 amide bonds. The van der Waals surface area contributed by atoms with E-state index in [0.717, 1.165) is 6.04 Å². The van der Waals surface area contributed by atoms with Crippen LogP contribution in [0.3, 0.4) is 0 Å². The first-order valence-electron chi connectivity index (χ1n) is 6.83. The van der Waals surface area contributed by atoms with Crippen molar-refractivity contribution in [1.29, 1.82) is 0 Å². The van der Waals surface area contributed by atoms with Crippen molar-refractivity contribution in [3.8, 4) is 0 Å². The Morgan fingerprint density at radius 1 is 0.933 bits per heavy atom. The van der Waals surface area contributed by atoms with Crippen LogP contribution in [0.25, 0.3) is 0 Å². The van der Waals surface area contributed by atoms with Gasteiger partial charge in [-0.25, -0.2) is 0 Å². The Hall–Kier alpha value is -0.0800. The maximum absolute atomic E-state index is 3.38. The predicted octanol–water partition coefficient (Wildman–Crippen LogP) is 2.64.